The van der Waals surface area contributed by atoms with Crippen LogP contribution in [0.1, 0.15) is 200 Å². The van der Waals surface area contributed by atoms with E-state index in [1.165, 1.54) is 44.9 Å². The summed E-state index contributed by atoms with van der Waals surface area (Å²) >= 11 is 0. The van der Waals surface area contributed by atoms with Gasteiger partial charge in [-0.3, -0.25) is 0 Å². The van der Waals surface area contributed by atoms with E-state index < -0.39 is 8.07 Å². The van der Waals surface area contributed by atoms with Crippen LogP contribution in [0.15, 0.2) is 0 Å². The molecule has 0 aromatic rings. The zero-order chi connectivity index (χ0) is 45.2. The molecule has 0 N–H and O–H groups in total. The molecule has 0 radical (unpaired) electrons. The average Bonchev–Trinajstić information content (AvgIpc) is 3.85. The highest BCUT2D eigenvalue weighted by Crippen LogP contribution is 2.73. The minimum absolute atomic E-state index is 0.265. The van der Waals surface area contributed by atoms with Crippen LogP contribution in [-0.4, -0.2) is 21.3 Å². The molecule has 0 saturated heterocycles. The molecule has 0 aromatic heterocycles. The van der Waals surface area contributed by atoms with Crippen LogP contribution in [0.5, 0.6) is 0 Å². The van der Waals surface area contributed by atoms with E-state index in [1.54, 1.807) is 51.4 Å². The molecule has 0 amide bonds. The lowest BCUT2D eigenvalue weighted by molar-refractivity contribution is -0.129. The third-order valence-corrected chi connectivity index (χ3v) is 28.5. The van der Waals surface area contributed by atoms with Crippen LogP contribution in [0.2, 0.25) is 24.2 Å². The zero-order valence-corrected chi connectivity index (χ0v) is 45.9. The Morgan fingerprint density at radius 3 is 1.34 bits per heavy atom. The first-order chi connectivity index (χ1) is 28.8. The molecule has 2 heteroatoms. The molecule has 8 saturated carbocycles. The van der Waals surface area contributed by atoms with Crippen LogP contribution in [0.4, 0.5) is 0 Å². The molecule has 8 aliphatic carbocycles. The Kier molecular flexibility index (Phi) is 13.8. The summed E-state index contributed by atoms with van der Waals surface area (Å²) in [4.78, 5) is 0. The molecule has 21 atom stereocenters. The predicted molar refractivity (Wildman–Crippen MR) is 271 cm³/mol. The highest BCUT2D eigenvalue weighted by Gasteiger charge is 2.67. The Morgan fingerprint density at radius 2 is 0.855 bits per heavy atom. The lowest BCUT2D eigenvalue weighted by atomic mass is 9.50. The van der Waals surface area contributed by atoms with Crippen LogP contribution < -0.4 is 0 Å². The van der Waals surface area contributed by atoms with Crippen molar-refractivity contribution in [2.24, 2.45) is 141 Å². The van der Waals surface area contributed by atoms with Crippen molar-refractivity contribution in [3.8, 4) is 0 Å². The second-order valence-corrected chi connectivity index (χ2v) is 35.7. The highest BCUT2D eigenvalue weighted by atomic mass is 28.3. The van der Waals surface area contributed by atoms with E-state index in [9.17, 15) is 0 Å². The average molecular weight is 874 g/mol. The maximum Gasteiger partial charge on any atom is 0.0638 e. The molecule has 0 spiro atoms. The number of hydrogen-bond acceptors (Lipinski definition) is 1. The van der Waals surface area contributed by atoms with Crippen molar-refractivity contribution in [3.05, 3.63) is 0 Å². The number of fused-ring (bicyclic) bond motifs is 3. The molecular formula is C60H108OSi. The summed E-state index contributed by atoms with van der Waals surface area (Å²) in [7, 11) is 0.350. The van der Waals surface area contributed by atoms with Gasteiger partial charge in [0.2, 0.25) is 0 Å². The van der Waals surface area contributed by atoms with Gasteiger partial charge in [0.1, 0.15) is 0 Å². The summed E-state index contributed by atoms with van der Waals surface area (Å²) in [5, 5.41) is 0. The van der Waals surface area contributed by atoms with Crippen molar-refractivity contribution in [1.29, 1.82) is 0 Å². The number of rotatable bonds is 6. The third kappa shape index (κ3) is 8.87. The van der Waals surface area contributed by atoms with E-state index in [1.807, 2.05) is 0 Å². The van der Waals surface area contributed by atoms with E-state index in [0.29, 0.717) is 22.9 Å². The van der Waals surface area contributed by atoms with Crippen LogP contribution in [0.3, 0.4) is 0 Å². The molecule has 0 bridgehead atoms. The minimum Gasteiger partial charge on any atom is -0.381 e. The van der Waals surface area contributed by atoms with Gasteiger partial charge in [-0.05, 0) is 241 Å². The smallest absolute Gasteiger partial charge is 0.0638 e. The second-order valence-electron chi connectivity index (χ2n) is 30.7. The zero-order valence-electron chi connectivity index (χ0n) is 44.9. The van der Waals surface area contributed by atoms with Crippen LogP contribution >= 0.6 is 0 Å². The normalized spacial score (nSPS) is 51.8. The standard InChI is InChI=1S/C60H108OSi/c1-34-22-35(2)25-40(24-34)51-45-20-19-21-46(45)52(41-26-36(3)23-37(4)27-41)54-49(51)29-39(6)57(54)62(17,18)56-38(5)28-47-48(56)33-50(60(13,14)15)55(61-16)53(47)42-30-43(58(7,8)9)32-44(31-42)59(10,11)12/h34-57H,19-33H2,1-18H3/t34?,35?,36?,37?,38?,39?,40?,41?,42?,43?,44?,45?,46?,47?,48?,49?,50?,51-,52?,53+,54?,55?,56?,57?/m0/s1. The van der Waals surface area contributed by atoms with Gasteiger partial charge in [-0.15, -0.1) is 0 Å². The van der Waals surface area contributed by atoms with Crippen molar-refractivity contribution in [2.75, 3.05) is 7.11 Å². The molecule has 0 heterocycles. The molecule has 62 heavy (non-hydrogen) atoms. The monoisotopic (exact) mass is 873 g/mol. The Labute approximate surface area is 389 Å². The maximum atomic E-state index is 7.02. The third-order valence-electron chi connectivity index (χ3n) is 23.1. The lowest BCUT2D eigenvalue weighted by Crippen LogP contribution is -2.56. The van der Waals surface area contributed by atoms with Crippen molar-refractivity contribution in [3.63, 3.8) is 0 Å². The fourth-order valence-electron chi connectivity index (χ4n) is 21.7. The number of methoxy groups -OCH3 is 1. The van der Waals surface area contributed by atoms with Gasteiger partial charge in [0.15, 0.2) is 0 Å². The molecule has 8 fully saturated rings. The highest BCUT2D eigenvalue weighted by molar-refractivity contribution is 6.80. The molecule has 19 unspecified atom stereocenters. The Bertz CT molecular complexity index is 1470. The molecular weight excluding hydrogens is 765 g/mol. The van der Waals surface area contributed by atoms with Crippen molar-refractivity contribution < 1.29 is 4.74 Å². The predicted octanol–water partition coefficient (Wildman–Crippen LogP) is 17.6. The topological polar surface area (TPSA) is 9.23 Å². The molecule has 8 aliphatic rings. The summed E-state index contributed by atoms with van der Waals surface area (Å²) < 4.78 is 7.02. The first-order valence-electron chi connectivity index (χ1n) is 28.3. The van der Waals surface area contributed by atoms with E-state index in [2.05, 4.69) is 124 Å². The van der Waals surface area contributed by atoms with Crippen LogP contribution in [0, 0.1) is 141 Å². The summed E-state index contributed by atoms with van der Waals surface area (Å²) in [6, 6.07) is 0. The van der Waals surface area contributed by atoms with Crippen molar-refractivity contribution in [2.45, 2.75) is 230 Å². The first-order valence-corrected chi connectivity index (χ1v) is 31.5. The first kappa shape index (κ1) is 48.6. The Morgan fingerprint density at radius 1 is 0.403 bits per heavy atom. The minimum atomic E-state index is -1.80. The molecule has 0 aromatic carbocycles. The van der Waals surface area contributed by atoms with Gasteiger partial charge in [-0.2, -0.15) is 0 Å². The fraction of sp³-hybridized carbons (Fsp3) is 1.00. The summed E-state index contributed by atoms with van der Waals surface area (Å²) in [6.07, 6.45) is 23.1. The van der Waals surface area contributed by atoms with E-state index >= 15 is 0 Å². The summed E-state index contributed by atoms with van der Waals surface area (Å²) in [5.41, 5.74) is 2.97. The van der Waals surface area contributed by atoms with Gasteiger partial charge in [0, 0.05) is 7.11 Å². The van der Waals surface area contributed by atoms with Gasteiger partial charge in [0.25, 0.3) is 0 Å². The van der Waals surface area contributed by atoms with Crippen LogP contribution in [0.25, 0.3) is 0 Å². The summed E-state index contributed by atoms with van der Waals surface area (Å²) in [6.45, 7) is 45.8. The van der Waals surface area contributed by atoms with Gasteiger partial charge in [0.05, 0.1) is 14.2 Å². The maximum absolute atomic E-state index is 7.02. The Hall–Kier alpha value is 0.177. The SMILES string of the molecule is COC1C(C(C)(C)C)CC2C(CC(C)C2[Si](C)(C)C2C(C)CC3C2C(C2CC(C)CC(C)C2)C2CCCC2[C@@H]3C2CC(C)CC(C)C2)[C@H]1C1CC(C(C)(C)C)CC(C(C)(C)C)C1. The van der Waals surface area contributed by atoms with Crippen molar-refractivity contribution in [1.82, 2.24) is 0 Å². The quantitative estimate of drug-likeness (QED) is 0.242. The molecule has 1 nitrogen and oxygen atoms in total. The Balaban J connectivity index is 1.20. The van der Waals surface area contributed by atoms with E-state index in [-0.39, 0.29) is 5.41 Å². The number of ether oxygens (including phenoxy) is 1. The fourth-order valence-corrected chi connectivity index (χ4v) is 28.3. The van der Waals surface area contributed by atoms with Crippen LogP contribution in [-0.2, 0) is 4.74 Å². The van der Waals surface area contributed by atoms with Gasteiger partial charge >= 0.3 is 0 Å². The van der Waals surface area contributed by atoms with Gasteiger partial charge in [-0.1, -0.05) is 123 Å². The second kappa shape index (κ2) is 17.6. The van der Waals surface area contributed by atoms with E-state index in [4.69, 9.17) is 4.74 Å². The van der Waals surface area contributed by atoms with Crippen molar-refractivity contribution >= 4 is 8.07 Å². The van der Waals surface area contributed by atoms with E-state index in [0.717, 1.165) is 129 Å². The largest absolute Gasteiger partial charge is 0.381 e. The van der Waals surface area contributed by atoms with Gasteiger partial charge < -0.3 is 4.74 Å². The summed E-state index contributed by atoms with van der Waals surface area (Å²) in [5.74, 6) is 19.2. The molecule has 0 aliphatic heterocycles. The number of hydrogen-bond donors (Lipinski definition) is 0. The molecule has 8 rings (SSSR count). The van der Waals surface area contributed by atoms with Gasteiger partial charge in [-0.25, -0.2) is 0 Å². The molecule has 358 valence electrons. The lowest BCUT2D eigenvalue weighted by Gasteiger charge is -2.59.